The molecule has 1 atom stereocenters. The van der Waals surface area contributed by atoms with Crippen LogP contribution in [0.25, 0.3) is 0 Å². The Morgan fingerprint density at radius 3 is 2.62 bits per heavy atom. The third-order valence-corrected chi connectivity index (χ3v) is 3.48. The zero-order valence-electron chi connectivity index (χ0n) is 13.4. The first kappa shape index (κ1) is 17.5. The standard InChI is InChI=1S/C14H13F3N8O/c1-8-20-23-24-25(8)11(9-5-3-2-4-6-9)12(26)18-7-10-19-13(22-21-10)14(15,16)17/h2-6,11H,7H2,1H3,(H,18,26)(H,19,21,22)/t11-/m0/s1. The van der Waals surface area contributed by atoms with Crippen molar-refractivity contribution in [2.45, 2.75) is 25.7 Å². The van der Waals surface area contributed by atoms with E-state index in [1.807, 2.05) is 0 Å². The number of rotatable bonds is 5. The molecule has 0 radical (unpaired) electrons. The second-order valence-electron chi connectivity index (χ2n) is 5.31. The highest BCUT2D eigenvalue weighted by Crippen LogP contribution is 2.25. The third-order valence-electron chi connectivity index (χ3n) is 3.48. The summed E-state index contributed by atoms with van der Waals surface area (Å²) in [4.78, 5) is 16.0. The number of amides is 1. The fourth-order valence-corrected chi connectivity index (χ4v) is 2.28. The number of nitrogens with zero attached hydrogens (tertiary/aromatic N) is 6. The molecule has 3 rings (SSSR count). The lowest BCUT2D eigenvalue weighted by Gasteiger charge is -2.17. The quantitative estimate of drug-likeness (QED) is 0.697. The van der Waals surface area contributed by atoms with Gasteiger partial charge in [0.1, 0.15) is 11.6 Å². The van der Waals surface area contributed by atoms with Gasteiger partial charge in [0.15, 0.2) is 6.04 Å². The first-order valence-electron chi connectivity index (χ1n) is 7.42. The van der Waals surface area contributed by atoms with Crippen molar-refractivity contribution in [3.05, 3.63) is 53.4 Å². The summed E-state index contributed by atoms with van der Waals surface area (Å²) < 4.78 is 38.9. The molecule has 2 heterocycles. The Bertz CT molecular complexity index is 889. The van der Waals surface area contributed by atoms with E-state index in [1.165, 1.54) is 4.68 Å². The van der Waals surface area contributed by atoms with Crippen molar-refractivity contribution in [3.8, 4) is 0 Å². The number of carbonyl (C=O) groups excluding carboxylic acids is 1. The summed E-state index contributed by atoms with van der Waals surface area (Å²) >= 11 is 0. The van der Waals surface area contributed by atoms with Gasteiger partial charge in [-0.3, -0.25) is 9.89 Å². The molecule has 12 heteroatoms. The van der Waals surface area contributed by atoms with E-state index in [4.69, 9.17) is 0 Å². The summed E-state index contributed by atoms with van der Waals surface area (Å²) in [6, 6.07) is 7.86. The first-order chi connectivity index (χ1) is 12.4. The van der Waals surface area contributed by atoms with E-state index in [0.717, 1.165) is 0 Å². The van der Waals surface area contributed by atoms with E-state index in [0.29, 0.717) is 11.4 Å². The summed E-state index contributed by atoms with van der Waals surface area (Å²) in [5.74, 6) is -1.51. The molecule has 0 spiro atoms. The SMILES string of the molecule is Cc1nnnn1[C@H](C(=O)NCc1nc(C(F)(F)F)n[nH]1)c1ccccc1. The van der Waals surface area contributed by atoms with Crippen LogP contribution in [0.5, 0.6) is 0 Å². The van der Waals surface area contributed by atoms with E-state index < -0.39 is 23.9 Å². The van der Waals surface area contributed by atoms with Crippen molar-refractivity contribution in [1.29, 1.82) is 0 Å². The number of benzene rings is 1. The Balaban J connectivity index is 1.78. The number of aromatic amines is 1. The number of tetrazole rings is 1. The minimum atomic E-state index is -4.66. The van der Waals surface area contributed by atoms with Crippen molar-refractivity contribution in [1.82, 2.24) is 40.7 Å². The van der Waals surface area contributed by atoms with Gasteiger partial charge >= 0.3 is 6.18 Å². The maximum absolute atomic E-state index is 12.7. The average molecular weight is 366 g/mol. The Hall–Kier alpha value is -3.31. The maximum atomic E-state index is 12.7. The Labute approximate surface area is 144 Å². The van der Waals surface area contributed by atoms with Crippen LogP contribution in [0.15, 0.2) is 30.3 Å². The van der Waals surface area contributed by atoms with Crippen LogP contribution in [0.3, 0.4) is 0 Å². The molecule has 3 aromatic rings. The number of aromatic nitrogens is 7. The zero-order chi connectivity index (χ0) is 18.7. The number of H-pyrrole nitrogens is 1. The second kappa shape index (κ2) is 6.90. The van der Waals surface area contributed by atoms with Crippen LogP contribution in [0.4, 0.5) is 13.2 Å². The Kier molecular flexibility index (Phi) is 4.65. The highest BCUT2D eigenvalue weighted by Gasteiger charge is 2.36. The van der Waals surface area contributed by atoms with Crippen molar-refractivity contribution >= 4 is 5.91 Å². The molecule has 136 valence electrons. The molecule has 1 aromatic carbocycles. The van der Waals surface area contributed by atoms with Gasteiger partial charge in [-0.1, -0.05) is 30.3 Å². The summed E-state index contributed by atoms with van der Waals surface area (Å²) in [6.07, 6.45) is -4.66. The maximum Gasteiger partial charge on any atom is 0.453 e. The molecule has 0 bridgehead atoms. The molecule has 0 aliphatic carbocycles. The predicted molar refractivity (Wildman–Crippen MR) is 80.4 cm³/mol. The molecule has 1 amide bonds. The van der Waals surface area contributed by atoms with Crippen LogP contribution in [0.1, 0.15) is 29.1 Å². The third kappa shape index (κ3) is 3.68. The first-order valence-corrected chi connectivity index (χ1v) is 7.42. The average Bonchev–Trinajstić information content (AvgIpc) is 3.24. The largest absolute Gasteiger partial charge is 0.453 e. The van der Waals surface area contributed by atoms with Gasteiger partial charge in [-0.25, -0.2) is 9.67 Å². The van der Waals surface area contributed by atoms with Crippen LogP contribution in [-0.4, -0.2) is 41.3 Å². The van der Waals surface area contributed by atoms with Gasteiger partial charge < -0.3 is 5.32 Å². The molecule has 0 saturated carbocycles. The molecule has 26 heavy (non-hydrogen) atoms. The molecule has 2 aromatic heterocycles. The summed E-state index contributed by atoms with van der Waals surface area (Å²) in [7, 11) is 0. The number of nitrogens with one attached hydrogen (secondary N) is 2. The van der Waals surface area contributed by atoms with Crippen LogP contribution >= 0.6 is 0 Å². The summed E-state index contributed by atoms with van der Waals surface area (Å²) in [6.45, 7) is 1.38. The van der Waals surface area contributed by atoms with Crippen LogP contribution in [0, 0.1) is 6.92 Å². The minimum Gasteiger partial charge on any atom is -0.347 e. The summed E-state index contributed by atoms with van der Waals surface area (Å²) in [5.41, 5.74) is 0.619. The van der Waals surface area contributed by atoms with E-state index in [-0.39, 0.29) is 12.4 Å². The van der Waals surface area contributed by atoms with Gasteiger partial charge in [-0.05, 0) is 22.9 Å². The smallest absolute Gasteiger partial charge is 0.347 e. The molecule has 0 aliphatic rings. The van der Waals surface area contributed by atoms with Gasteiger partial charge in [-0.2, -0.15) is 13.2 Å². The fourth-order valence-electron chi connectivity index (χ4n) is 2.28. The highest BCUT2D eigenvalue weighted by molar-refractivity contribution is 5.83. The van der Waals surface area contributed by atoms with Crippen molar-refractivity contribution in [2.24, 2.45) is 0 Å². The molecule has 0 unspecified atom stereocenters. The molecule has 0 saturated heterocycles. The van der Waals surface area contributed by atoms with Gasteiger partial charge in [-0.15, -0.1) is 10.2 Å². The van der Waals surface area contributed by atoms with Gasteiger partial charge in [0.25, 0.3) is 5.82 Å². The van der Waals surface area contributed by atoms with E-state index in [9.17, 15) is 18.0 Å². The van der Waals surface area contributed by atoms with Gasteiger partial charge in [0.2, 0.25) is 5.91 Å². The number of hydrogen-bond donors (Lipinski definition) is 2. The predicted octanol–water partition coefficient (Wildman–Crippen LogP) is 1.02. The van der Waals surface area contributed by atoms with E-state index >= 15 is 0 Å². The van der Waals surface area contributed by atoms with Crippen molar-refractivity contribution in [2.75, 3.05) is 0 Å². The normalized spacial score (nSPS) is 12.8. The lowest BCUT2D eigenvalue weighted by Crippen LogP contribution is -2.34. The minimum absolute atomic E-state index is 0.120. The van der Waals surface area contributed by atoms with Gasteiger partial charge in [0, 0.05) is 0 Å². The molecule has 0 fully saturated rings. The molecular formula is C14H13F3N8O. The molecular weight excluding hydrogens is 353 g/mol. The Morgan fingerprint density at radius 1 is 1.31 bits per heavy atom. The number of halogens is 3. The fraction of sp³-hybridized carbons (Fsp3) is 0.286. The Morgan fingerprint density at radius 2 is 2.04 bits per heavy atom. The second-order valence-corrected chi connectivity index (χ2v) is 5.31. The molecule has 2 N–H and O–H groups in total. The van der Waals surface area contributed by atoms with Crippen molar-refractivity contribution in [3.63, 3.8) is 0 Å². The monoisotopic (exact) mass is 366 g/mol. The molecule has 0 aliphatic heterocycles. The van der Waals surface area contributed by atoms with E-state index in [1.54, 1.807) is 37.3 Å². The number of hydrogen-bond acceptors (Lipinski definition) is 6. The number of aryl methyl sites for hydroxylation is 1. The zero-order valence-corrected chi connectivity index (χ0v) is 13.4. The van der Waals surface area contributed by atoms with E-state index in [2.05, 4.69) is 36.0 Å². The molecule has 9 nitrogen and oxygen atoms in total. The van der Waals surface area contributed by atoms with Crippen LogP contribution < -0.4 is 5.32 Å². The van der Waals surface area contributed by atoms with Crippen molar-refractivity contribution < 1.29 is 18.0 Å². The number of carbonyl (C=O) groups is 1. The topological polar surface area (TPSA) is 114 Å². The number of alkyl halides is 3. The lowest BCUT2D eigenvalue weighted by molar-refractivity contribution is -0.144. The van der Waals surface area contributed by atoms with Gasteiger partial charge in [0.05, 0.1) is 6.54 Å². The lowest BCUT2D eigenvalue weighted by atomic mass is 10.1. The van der Waals surface area contributed by atoms with Crippen LogP contribution in [-0.2, 0) is 17.5 Å². The highest BCUT2D eigenvalue weighted by atomic mass is 19.4. The summed E-state index contributed by atoms with van der Waals surface area (Å²) in [5, 5.41) is 18.9. The van der Waals surface area contributed by atoms with Crippen LogP contribution in [0.2, 0.25) is 0 Å².